The number of nitriles is 1. The van der Waals surface area contributed by atoms with Crippen molar-refractivity contribution in [2.24, 2.45) is 5.73 Å². The fourth-order valence-electron chi connectivity index (χ4n) is 2.34. The first-order chi connectivity index (χ1) is 11.6. The van der Waals surface area contributed by atoms with Crippen LogP contribution in [0.4, 0.5) is 0 Å². The van der Waals surface area contributed by atoms with Crippen LogP contribution in [-0.2, 0) is 20.9 Å². The van der Waals surface area contributed by atoms with Crippen LogP contribution in [0.25, 0.3) is 17.0 Å². The van der Waals surface area contributed by atoms with E-state index in [0.717, 1.165) is 10.9 Å². The molecular formula is C17H18N4O3. The monoisotopic (exact) mass is 326 g/mol. The minimum absolute atomic E-state index is 0.122. The highest BCUT2D eigenvalue weighted by Crippen LogP contribution is 2.23. The number of ether oxygens (including phenoxy) is 1. The van der Waals surface area contributed by atoms with Crippen molar-refractivity contribution >= 4 is 28.8 Å². The minimum Gasteiger partial charge on any atom is -0.383 e. The van der Waals surface area contributed by atoms with Gasteiger partial charge in [0.15, 0.2) is 0 Å². The zero-order chi connectivity index (χ0) is 17.5. The lowest BCUT2D eigenvalue weighted by atomic mass is 10.1. The van der Waals surface area contributed by atoms with Crippen LogP contribution >= 0.6 is 0 Å². The SMILES string of the molecule is COCCNC(=O)Cn1cc(/C=C(\C#N)C(N)=O)c2ccccc21. The maximum Gasteiger partial charge on any atom is 0.259 e. The Bertz CT molecular complexity index is 830. The fraction of sp³-hybridized carbons (Fsp3) is 0.235. The number of amides is 2. The highest BCUT2D eigenvalue weighted by molar-refractivity contribution is 6.03. The standard InChI is InChI=1S/C17H18N4O3/c1-24-7-6-20-16(22)11-21-10-13(8-12(9-18)17(19)23)14-4-2-3-5-15(14)21/h2-5,8,10H,6-7,11H2,1H3,(H2,19,23)(H,20,22)/b12-8+. The van der Waals surface area contributed by atoms with Gasteiger partial charge >= 0.3 is 0 Å². The molecule has 0 aliphatic carbocycles. The molecule has 0 fully saturated rings. The normalized spacial score (nSPS) is 11.2. The van der Waals surface area contributed by atoms with Crippen LogP contribution in [0.3, 0.4) is 0 Å². The molecule has 0 aliphatic heterocycles. The van der Waals surface area contributed by atoms with Gasteiger partial charge in [-0.05, 0) is 12.1 Å². The molecule has 1 aromatic heterocycles. The number of methoxy groups -OCH3 is 1. The molecule has 124 valence electrons. The van der Waals surface area contributed by atoms with Gasteiger partial charge in [-0.25, -0.2) is 0 Å². The van der Waals surface area contributed by atoms with Crippen molar-refractivity contribution < 1.29 is 14.3 Å². The Hall–Kier alpha value is -3.11. The third-order valence-electron chi connectivity index (χ3n) is 3.45. The lowest BCUT2D eigenvalue weighted by molar-refractivity contribution is -0.121. The Balaban J connectivity index is 2.34. The Kier molecular flexibility index (Phi) is 5.71. The Morgan fingerprint density at radius 1 is 1.42 bits per heavy atom. The molecule has 2 aromatic rings. The third kappa shape index (κ3) is 4.00. The minimum atomic E-state index is -0.786. The predicted molar refractivity (Wildman–Crippen MR) is 89.6 cm³/mol. The molecule has 1 heterocycles. The van der Waals surface area contributed by atoms with Crippen molar-refractivity contribution in [2.75, 3.05) is 20.3 Å². The molecule has 2 amide bonds. The number of nitrogens with one attached hydrogen (secondary N) is 1. The maximum absolute atomic E-state index is 12.0. The van der Waals surface area contributed by atoms with Gasteiger partial charge in [-0.3, -0.25) is 9.59 Å². The molecule has 24 heavy (non-hydrogen) atoms. The van der Waals surface area contributed by atoms with E-state index in [9.17, 15) is 9.59 Å². The van der Waals surface area contributed by atoms with Crippen molar-refractivity contribution in [3.63, 3.8) is 0 Å². The smallest absolute Gasteiger partial charge is 0.259 e. The van der Waals surface area contributed by atoms with Gasteiger partial charge in [0, 0.05) is 36.3 Å². The van der Waals surface area contributed by atoms with E-state index >= 15 is 0 Å². The first-order valence-corrected chi connectivity index (χ1v) is 7.32. The van der Waals surface area contributed by atoms with Crippen LogP contribution in [0.2, 0.25) is 0 Å². The number of para-hydroxylation sites is 1. The summed E-state index contributed by atoms with van der Waals surface area (Å²) in [5.41, 5.74) is 6.53. The van der Waals surface area contributed by atoms with Gasteiger partial charge in [-0.15, -0.1) is 0 Å². The topological polar surface area (TPSA) is 110 Å². The second-order valence-electron chi connectivity index (χ2n) is 5.11. The largest absolute Gasteiger partial charge is 0.383 e. The molecule has 2 rings (SSSR count). The molecule has 0 spiro atoms. The van der Waals surface area contributed by atoms with Crippen molar-refractivity contribution in [1.82, 2.24) is 9.88 Å². The zero-order valence-electron chi connectivity index (χ0n) is 13.3. The number of fused-ring (bicyclic) bond motifs is 1. The van der Waals surface area contributed by atoms with Crippen molar-refractivity contribution in [1.29, 1.82) is 5.26 Å². The molecule has 3 N–H and O–H groups in total. The second kappa shape index (κ2) is 7.94. The number of primary amides is 1. The molecule has 1 aromatic carbocycles. The number of hydrogen-bond donors (Lipinski definition) is 2. The summed E-state index contributed by atoms with van der Waals surface area (Å²) in [7, 11) is 1.57. The van der Waals surface area contributed by atoms with E-state index < -0.39 is 5.91 Å². The van der Waals surface area contributed by atoms with Gasteiger partial charge < -0.3 is 20.4 Å². The number of aromatic nitrogens is 1. The van der Waals surface area contributed by atoms with E-state index in [2.05, 4.69) is 5.32 Å². The van der Waals surface area contributed by atoms with Crippen LogP contribution in [0.5, 0.6) is 0 Å². The molecule has 7 heteroatoms. The summed E-state index contributed by atoms with van der Waals surface area (Å²) in [5.74, 6) is -0.939. The quantitative estimate of drug-likeness (QED) is 0.445. The van der Waals surface area contributed by atoms with E-state index in [1.54, 1.807) is 23.9 Å². The molecule has 0 saturated carbocycles. The number of rotatable bonds is 7. The lowest BCUT2D eigenvalue weighted by Crippen LogP contribution is -2.30. The van der Waals surface area contributed by atoms with Crippen LogP contribution in [-0.4, -0.2) is 36.6 Å². The molecule has 0 atom stereocenters. The van der Waals surface area contributed by atoms with Gasteiger partial charge in [0.1, 0.15) is 18.2 Å². The maximum atomic E-state index is 12.0. The molecule has 0 saturated heterocycles. The van der Waals surface area contributed by atoms with Crippen molar-refractivity contribution in [3.05, 3.63) is 41.6 Å². The molecule has 0 unspecified atom stereocenters. The summed E-state index contributed by atoms with van der Waals surface area (Å²) < 4.78 is 6.65. The number of carbonyl (C=O) groups is 2. The van der Waals surface area contributed by atoms with Crippen LogP contribution in [0.1, 0.15) is 5.56 Å². The average Bonchev–Trinajstić information content (AvgIpc) is 2.90. The summed E-state index contributed by atoms with van der Waals surface area (Å²) in [6.45, 7) is 0.994. The molecular weight excluding hydrogens is 308 g/mol. The van der Waals surface area contributed by atoms with E-state index in [4.69, 9.17) is 15.7 Å². The Labute approximate surface area is 139 Å². The van der Waals surface area contributed by atoms with Crippen LogP contribution < -0.4 is 11.1 Å². The van der Waals surface area contributed by atoms with E-state index in [-0.39, 0.29) is 18.0 Å². The number of carbonyl (C=O) groups excluding carboxylic acids is 2. The zero-order valence-corrected chi connectivity index (χ0v) is 13.3. The summed E-state index contributed by atoms with van der Waals surface area (Å²) in [6, 6.07) is 9.21. The number of nitrogens with two attached hydrogens (primary N) is 1. The summed E-state index contributed by atoms with van der Waals surface area (Å²) in [5, 5.41) is 12.6. The van der Waals surface area contributed by atoms with Gasteiger partial charge in [0.05, 0.1) is 6.61 Å². The highest BCUT2D eigenvalue weighted by Gasteiger charge is 2.12. The van der Waals surface area contributed by atoms with Gasteiger partial charge in [-0.1, -0.05) is 18.2 Å². The summed E-state index contributed by atoms with van der Waals surface area (Å²) >= 11 is 0. The van der Waals surface area contributed by atoms with Gasteiger partial charge in [0.25, 0.3) is 5.91 Å². The first kappa shape index (κ1) is 17.2. The Morgan fingerprint density at radius 2 is 2.17 bits per heavy atom. The fourth-order valence-corrected chi connectivity index (χ4v) is 2.34. The number of nitrogens with zero attached hydrogens (tertiary/aromatic N) is 2. The first-order valence-electron chi connectivity index (χ1n) is 7.32. The third-order valence-corrected chi connectivity index (χ3v) is 3.45. The predicted octanol–water partition coefficient (Wildman–Crippen LogP) is 0.796. The van der Waals surface area contributed by atoms with Crippen LogP contribution in [0, 0.1) is 11.3 Å². The highest BCUT2D eigenvalue weighted by atomic mass is 16.5. The van der Waals surface area contributed by atoms with Crippen molar-refractivity contribution in [2.45, 2.75) is 6.54 Å². The number of benzene rings is 1. The van der Waals surface area contributed by atoms with Gasteiger partial charge in [0.2, 0.25) is 5.91 Å². The molecule has 0 bridgehead atoms. The molecule has 0 radical (unpaired) electrons. The lowest BCUT2D eigenvalue weighted by Gasteiger charge is -2.06. The van der Waals surface area contributed by atoms with Crippen molar-refractivity contribution in [3.8, 4) is 6.07 Å². The summed E-state index contributed by atoms with van der Waals surface area (Å²) in [6.07, 6.45) is 3.16. The number of hydrogen-bond acceptors (Lipinski definition) is 4. The molecule has 7 nitrogen and oxygen atoms in total. The summed E-state index contributed by atoms with van der Waals surface area (Å²) in [4.78, 5) is 23.2. The van der Waals surface area contributed by atoms with Gasteiger partial charge in [-0.2, -0.15) is 5.26 Å². The van der Waals surface area contributed by atoms with E-state index in [0.29, 0.717) is 18.7 Å². The second-order valence-corrected chi connectivity index (χ2v) is 5.11. The average molecular weight is 326 g/mol. The van der Waals surface area contributed by atoms with E-state index in [1.807, 2.05) is 24.3 Å². The Morgan fingerprint density at radius 3 is 2.83 bits per heavy atom. The molecule has 0 aliphatic rings. The van der Waals surface area contributed by atoms with E-state index in [1.165, 1.54) is 6.08 Å². The van der Waals surface area contributed by atoms with Crippen LogP contribution in [0.15, 0.2) is 36.0 Å².